The molecule has 1 aromatic heterocycles. The smallest absolute Gasteiger partial charge is 0.208 e. The van der Waals surface area contributed by atoms with Gasteiger partial charge in [-0.05, 0) is 75.0 Å². The fraction of sp³-hybridized carbons (Fsp3) is 0.414. The van der Waals surface area contributed by atoms with Gasteiger partial charge in [0.05, 0.1) is 0 Å². The molecule has 1 aromatic carbocycles. The van der Waals surface area contributed by atoms with Crippen molar-refractivity contribution in [3.8, 4) is 0 Å². The summed E-state index contributed by atoms with van der Waals surface area (Å²) in [4.78, 5) is 11.9. The third kappa shape index (κ3) is 5.05. The highest BCUT2D eigenvalue weighted by molar-refractivity contribution is 7.16. The molecule has 2 aromatic rings. The number of aliphatic imine (C=N–C) groups is 1. The SMILES string of the molecule is CC/C=C1/C=CN=C2C(c3ccc(F)cc3)=CC(c3nnc(N4CCC(N5CCCCC5)CC4)s3)=CN21. The van der Waals surface area contributed by atoms with E-state index >= 15 is 0 Å². The van der Waals surface area contributed by atoms with Gasteiger partial charge >= 0.3 is 0 Å². The number of piperidine rings is 2. The van der Waals surface area contributed by atoms with Gasteiger partial charge in [-0.2, -0.15) is 0 Å². The first kappa shape index (κ1) is 24.2. The van der Waals surface area contributed by atoms with Gasteiger partial charge in [0.15, 0.2) is 5.01 Å². The van der Waals surface area contributed by atoms with Crippen LogP contribution in [0.3, 0.4) is 0 Å². The van der Waals surface area contributed by atoms with Crippen molar-refractivity contribution in [1.82, 2.24) is 20.0 Å². The number of likely N-dealkylation sites (tertiary alicyclic amines) is 1. The Labute approximate surface area is 222 Å². The number of rotatable bonds is 5. The molecule has 0 atom stereocenters. The third-order valence-corrected chi connectivity index (χ3v) is 8.66. The van der Waals surface area contributed by atoms with Gasteiger partial charge in [-0.15, -0.1) is 10.2 Å². The van der Waals surface area contributed by atoms with Crippen molar-refractivity contribution in [1.29, 1.82) is 0 Å². The van der Waals surface area contributed by atoms with Gasteiger partial charge in [-0.3, -0.25) is 0 Å². The molecule has 0 N–H and O–H groups in total. The number of aromatic nitrogens is 2. The minimum absolute atomic E-state index is 0.248. The highest BCUT2D eigenvalue weighted by atomic mass is 32.1. The first-order valence-electron chi connectivity index (χ1n) is 13.5. The van der Waals surface area contributed by atoms with E-state index in [1.807, 2.05) is 24.4 Å². The molecule has 37 heavy (non-hydrogen) atoms. The normalized spacial score (nSPS) is 22.1. The Morgan fingerprint density at radius 2 is 1.81 bits per heavy atom. The van der Waals surface area contributed by atoms with Crippen LogP contribution >= 0.6 is 11.3 Å². The van der Waals surface area contributed by atoms with E-state index in [-0.39, 0.29) is 5.82 Å². The molecule has 0 amide bonds. The number of benzene rings is 1. The average molecular weight is 517 g/mol. The number of anilines is 1. The summed E-state index contributed by atoms with van der Waals surface area (Å²) in [6.07, 6.45) is 17.6. The molecule has 6 rings (SSSR count). The van der Waals surface area contributed by atoms with Gasteiger partial charge in [0.1, 0.15) is 11.7 Å². The zero-order valence-corrected chi connectivity index (χ0v) is 22.1. The summed E-state index contributed by atoms with van der Waals surface area (Å²) in [6, 6.07) is 7.32. The van der Waals surface area contributed by atoms with Crippen molar-refractivity contribution in [2.75, 3.05) is 31.1 Å². The van der Waals surface area contributed by atoms with Crippen LogP contribution in [0.1, 0.15) is 56.0 Å². The summed E-state index contributed by atoms with van der Waals surface area (Å²) in [7, 11) is 0. The fourth-order valence-electron chi connectivity index (χ4n) is 5.68. The van der Waals surface area contributed by atoms with Crippen LogP contribution in [0.5, 0.6) is 0 Å². The largest absolute Gasteiger partial charge is 0.347 e. The Hall–Kier alpha value is -3.10. The van der Waals surface area contributed by atoms with E-state index in [1.54, 1.807) is 11.3 Å². The van der Waals surface area contributed by atoms with Gasteiger partial charge < -0.3 is 14.7 Å². The zero-order chi connectivity index (χ0) is 25.2. The molecule has 4 aliphatic rings. The van der Waals surface area contributed by atoms with Crippen LogP contribution in [0.15, 0.2) is 65.6 Å². The Morgan fingerprint density at radius 1 is 1.03 bits per heavy atom. The van der Waals surface area contributed by atoms with Crippen LogP contribution in [0.4, 0.5) is 9.52 Å². The van der Waals surface area contributed by atoms with E-state index in [0.29, 0.717) is 6.04 Å². The van der Waals surface area contributed by atoms with Crippen molar-refractivity contribution in [2.45, 2.75) is 51.5 Å². The molecule has 8 heteroatoms. The monoisotopic (exact) mass is 516 g/mol. The summed E-state index contributed by atoms with van der Waals surface area (Å²) in [5.41, 5.74) is 3.93. The summed E-state index contributed by atoms with van der Waals surface area (Å²) in [6.45, 7) is 6.71. The molecular weight excluding hydrogens is 483 g/mol. The Kier molecular flexibility index (Phi) is 7.02. The number of nitrogens with zero attached hydrogens (tertiary/aromatic N) is 6. The molecule has 2 fully saturated rings. The Bertz CT molecular complexity index is 1270. The maximum Gasteiger partial charge on any atom is 0.208 e. The van der Waals surface area contributed by atoms with E-state index in [0.717, 1.165) is 57.9 Å². The summed E-state index contributed by atoms with van der Waals surface area (Å²) in [5, 5.41) is 11.1. The van der Waals surface area contributed by atoms with Crippen molar-refractivity contribution >= 4 is 33.5 Å². The third-order valence-electron chi connectivity index (χ3n) is 7.63. The predicted octanol–water partition coefficient (Wildman–Crippen LogP) is 6.09. The van der Waals surface area contributed by atoms with Gasteiger partial charge in [-0.25, -0.2) is 9.38 Å². The lowest BCUT2D eigenvalue weighted by Crippen LogP contribution is -2.46. The molecule has 192 valence electrons. The molecular formula is C29H33FN6S. The van der Waals surface area contributed by atoms with Gasteiger partial charge in [-0.1, -0.05) is 42.9 Å². The molecule has 0 saturated carbocycles. The molecule has 0 radical (unpaired) electrons. The standard InChI is InChI=1S/C29H33FN6S/c1-2-6-25-11-14-31-27-26(21-7-9-23(30)10-8-21)19-22(20-36(25)27)28-32-33-29(37-28)35-17-12-24(13-18-35)34-15-4-3-5-16-34/h6-11,14,19-20,24H,2-5,12-13,15-18H2,1H3/b25-6-. The van der Waals surface area contributed by atoms with Crippen LogP contribution in [0, 0.1) is 5.82 Å². The Balaban J connectivity index is 1.26. The number of allylic oxidation sites excluding steroid dienone is 4. The second kappa shape index (κ2) is 10.7. The number of hydrogen-bond acceptors (Lipinski definition) is 7. The minimum atomic E-state index is -0.248. The lowest BCUT2D eigenvalue weighted by atomic mass is 9.97. The zero-order valence-electron chi connectivity index (χ0n) is 21.3. The van der Waals surface area contributed by atoms with Crippen LogP contribution in [0.2, 0.25) is 0 Å². The van der Waals surface area contributed by atoms with E-state index in [9.17, 15) is 4.39 Å². The van der Waals surface area contributed by atoms with Crippen molar-refractivity contribution in [3.05, 3.63) is 77.0 Å². The Morgan fingerprint density at radius 3 is 2.57 bits per heavy atom. The van der Waals surface area contributed by atoms with Crippen LogP contribution < -0.4 is 4.90 Å². The lowest BCUT2D eigenvalue weighted by molar-refractivity contribution is 0.141. The van der Waals surface area contributed by atoms with E-state index < -0.39 is 0 Å². The lowest BCUT2D eigenvalue weighted by Gasteiger charge is -2.40. The minimum Gasteiger partial charge on any atom is -0.347 e. The summed E-state index contributed by atoms with van der Waals surface area (Å²) >= 11 is 1.65. The van der Waals surface area contributed by atoms with Crippen molar-refractivity contribution < 1.29 is 4.39 Å². The van der Waals surface area contributed by atoms with E-state index in [4.69, 9.17) is 0 Å². The fourth-order valence-corrected chi connectivity index (χ4v) is 6.56. The van der Waals surface area contributed by atoms with Gasteiger partial charge in [0, 0.05) is 48.4 Å². The summed E-state index contributed by atoms with van der Waals surface area (Å²) < 4.78 is 13.7. The predicted molar refractivity (Wildman–Crippen MR) is 150 cm³/mol. The number of amidine groups is 1. The molecule has 6 nitrogen and oxygen atoms in total. The second-order valence-electron chi connectivity index (χ2n) is 10.0. The number of fused-ring (bicyclic) bond motifs is 1. The first-order chi connectivity index (χ1) is 18.2. The molecule has 5 heterocycles. The highest BCUT2D eigenvalue weighted by Gasteiger charge is 2.29. The van der Waals surface area contributed by atoms with Crippen molar-refractivity contribution in [3.63, 3.8) is 0 Å². The molecule has 0 unspecified atom stereocenters. The molecule has 4 aliphatic heterocycles. The maximum atomic E-state index is 13.7. The van der Waals surface area contributed by atoms with Crippen molar-refractivity contribution in [2.24, 2.45) is 4.99 Å². The average Bonchev–Trinajstić information content (AvgIpc) is 3.45. The summed E-state index contributed by atoms with van der Waals surface area (Å²) in [5.74, 6) is 0.588. The van der Waals surface area contributed by atoms with Gasteiger partial charge in [0.25, 0.3) is 0 Å². The highest BCUT2D eigenvalue weighted by Crippen LogP contribution is 2.37. The quantitative estimate of drug-likeness (QED) is 0.481. The van der Waals surface area contributed by atoms with Crippen LogP contribution in [0.25, 0.3) is 11.1 Å². The topological polar surface area (TPSA) is 47.9 Å². The second-order valence-corrected chi connectivity index (χ2v) is 11.0. The van der Waals surface area contributed by atoms with Crippen LogP contribution in [-0.2, 0) is 0 Å². The number of halogens is 1. The molecule has 2 saturated heterocycles. The molecule has 0 spiro atoms. The molecule has 0 bridgehead atoms. The van der Waals surface area contributed by atoms with E-state index in [2.05, 4.69) is 55.2 Å². The van der Waals surface area contributed by atoms with E-state index in [1.165, 1.54) is 57.3 Å². The number of hydrogen-bond donors (Lipinski definition) is 0. The van der Waals surface area contributed by atoms with Gasteiger partial charge in [0.2, 0.25) is 5.13 Å². The first-order valence-corrected chi connectivity index (χ1v) is 14.3. The maximum absolute atomic E-state index is 13.7. The van der Waals surface area contributed by atoms with Crippen LogP contribution in [-0.4, -0.2) is 58.1 Å². The molecule has 0 aliphatic carbocycles.